The Balaban J connectivity index is 2.01. The van der Waals surface area contributed by atoms with E-state index in [9.17, 15) is 22.8 Å². The number of hydrogen-bond donors (Lipinski definition) is 4. The number of benzene rings is 1. The molecule has 28 heavy (non-hydrogen) atoms. The highest BCUT2D eigenvalue weighted by molar-refractivity contribution is 5.90. The zero-order chi connectivity index (χ0) is 20.7. The highest BCUT2D eigenvalue weighted by Gasteiger charge is 2.37. The molecule has 1 aromatic heterocycles. The number of hydrogen-bond acceptors (Lipinski definition) is 5. The lowest BCUT2D eigenvalue weighted by molar-refractivity contribution is -0.168. The maximum atomic E-state index is 12.2. The summed E-state index contributed by atoms with van der Waals surface area (Å²) in [6, 6.07) is 6.34. The number of amides is 2. The predicted molar refractivity (Wildman–Crippen MR) is 95.1 cm³/mol. The summed E-state index contributed by atoms with van der Waals surface area (Å²) < 4.78 is 36.5. The molecule has 0 saturated heterocycles. The van der Waals surface area contributed by atoms with E-state index < -0.39 is 24.5 Å². The van der Waals surface area contributed by atoms with Crippen LogP contribution in [-0.2, 0) is 11.3 Å². The number of urea groups is 1. The number of anilines is 1. The Hall–Kier alpha value is -3.70. The molecule has 0 saturated carbocycles. The van der Waals surface area contributed by atoms with Gasteiger partial charge in [-0.3, -0.25) is 4.79 Å². The second kappa shape index (κ2) is 8.79. The lowest BCUT2D eigenvalue weighted by atomic mass is 10.1. The lowest BCUT2D eigenvalue weighted by Gasteiger charge is -2.08. The summed E-state index contributed by atoms with van der Waals surface area (Å²) in [4.78, 5) is 33.4. The van der Waals surface area contributed by atoms with Crippen molar-refractivity contribution in [2.75, 3.05) is 11.9 Å². The normalized spacial score (nSPS) is 10.8. The van der Waals surface area contributed by atoms with E-state index in [1.54, 1.807) is 24.3 Å². The van der Waals surface area contributed by atoms with Crippen molar-refractivity contribution in [3.8, 4) is 11.1 Å². The van der Waals surface area contributed by atoms with Crippen molar-refractivity contribution in [2.24, 2.45) is 16.5 Å². The van der Waals surface area contributed by atoms with Crippen molar-refractivity contribution in [1.29, 1.82) is 0 Å². The van der Waals surface area contributed by atoms with E-state index in [1.807, 2.05) is 0 Å². The number of guanidine groups is 1. The molecular weight excluding hydrogens is 379 g/mol. The van der Waals surface area contributed by atoms with E-state index in [4.69, 9.17) is 11.5 Å². The third kappa shape index (κ3) is 6.23. The molecule has 0 aliphatic carbocycles. The zero-order valence-corrected chi connectivity index (χ0v) is 14.3. The third-order valence-corrected chi connectivity index (χ3v) is 3.31. The number of nitrogens with zero attached hydrogens (tertiary/aromatic N) is 3. The molecule has 0 unspecified atom stereocenters. The maximum absolute atomic E-state index is 12.2. The molecule has 0 aliphatic heterocycles. The van der Waals surface area contributed by atoms with Crippen LogP contribution in [0.5, 0.6) is 0 Å². The molecule has 1 heterocycles. The van der Waals surface area contributed by atoms with Crippen molar-refractivity contribution in [2.45, 2.75) is 12.7 Å². The van der Waals surface area contributed by atoms with Crippen LogP contribution in [0.25, 0.3) is 11.1 Å². The second-order valence-electron chi connectivity index (χ2n) is 5.47. The molecule has 0 bridgehead atoms. The van der Waals surface area contributed by atoms with Crippen LogP contribution in [0.2, 0.25) is 0 Å². The minimum atomic E-state index is -4.91. The first-order valence-electron chi connectivity index (χ1n) is 7.78. The van der Waals surface area contributed by atoms with Gasteiger partial charge in [-0.05, 0) is 17.2 Å². The van der Waals surface area contributed by atoms with Gasteiger partial charge in [-0.15, -0.1) is 0 Å². The Bertz CT molecular complexity index is 879. The van der Waals surface area contributed by atoms with Crippen molar-refractivity contribution >= 4 is 23.7 Å². The van der Waals surface area contributed by atoms with Crippen molar-refractivity contribution in [1.82, 2.24) is 15.3 Å². The Morgan fingerprint density at radius 1 is 1.11 bits per heavy atom. The molecule has 0 spiro atoms. The van der Waals surface area contributed by atoms with Gasteiger partial charge in [0.15, 0.2) is 5.96 Å². The molecule has 6 N–H and O–H groups in total. The summed E-state index contributed by atoms with van der Waals surface area (Å²) in [5.74, 6) is -2.38. The average molecular weight is 395 g/mol. The van der Waals surface area contributed by atoms with Crippen LogP contribution in [0.1, 0.15) is 5.56 Å². The molecule has 0 fully saturated rings. The number of nitrogens with two attached hydrogens (primary N) is 2. The van der Waals surface area contributed by atoms with Gasteiger partial charge < -0.3 is 22.1 Å². The minimum Gasteiger partial charge on any atom is -0.370 e. The summed E-state index contributed by atoms with van der Waals surface area (Å²) in [5, 5.41) is 4.72. The first kappa shape index (κ1) is 20.6. The molecule has 1 aromatic carbocycles. The molecule has 148 valence electrons. The van der Waals surface area contributed by atoms with Gasteiger partial charge in [0.2, 0.25) is 5.95 Å². The lowest BCUT2D eigenvalue weighted by Crippen LogP contribution is -2.29. The van der Waals surface area contributed by atoms with Crippen LogP contribution < -0.4 is 22.1 Å². The van der Waals surface area contributed by atoms with E-state index in [1.165, 1.54) is 12.4 Å². The quantitative estimate of drug-likeness (QED) is 0.424. The largest absolute Gasteiger partial charge is 0.451 e. The number of ketones is 1. The highest BCUT2D eigenvalue weighted by Crippen LogP contribution is 2.20. The monoisotopic (exact) mass is 395 g/mol. The Morgan fingerprint density at radius 2 is 1.79 bits per heavy atom. The number of carbonyl (C=O) groups is 2. The minimum absolute atomic E-state index is 0.109. The number of Topliss-reactive ketones (excluding diaryl/α,β-unsaturated/α-hetero) is 1. The van der Waals surface area contributed by atoms with Gasteiger partial charge in [0.25, 0.3) is 5.78 Å². The van der Waals surface area contributed by atoms with E-state index in [0.29, 0.717) is 11.1 Å². The molecular formula is C16H16F3N7O2. The molecule has 2 rings (SSSR count). The van der Waals surface area contributed by atoms with E-state index in [2.05, 4.69) is 25.6 Å². The van der Waals surface area contributed by atoms with Crippen LogP contribution in [0.3, 0.4) is 0 Å². The number of aliphatic imine (C=N–C) groups is 1. The predicted octanol–water partition coefficient (Wildman–Crippen LogP) is 1.17. The van der Waals surface area contributed by atoms with Crippen molar-refractivity contribution in [3.63, 3.8) is 0 Å². The number of nitrogens with one attached hydrogen (secondary N) is 2. The van der Waals surface area contributed by atoms with Crippen molar-refractivity contribution in [3.05, 3.63) is 42.2 Å². The van der Waals surface area contributed by atoms with Gasteiger partial charge in [-0.1, -0.05) is 18.2 Å². The van der Waals surface area contributed by atoms with Gasteiger partial charge in [0.05, 0.1) is 6.54 Å². The van der Waals surface area contributed by atoms with Crippen LogP contribution in [-0.4, -0.2) is 40.5 Å². The molecule has 0 atom stereocenters. The van der Waals surface area contributed by atoms with Crippen LogP contribution in [0.4, 0.5) is 23.9 Å². The van der Waals surface area contributed by atoms with Gasteiger partial charge in [0.1, 0.15) is 0 Å². The van der Waals surface area contributed by atoms with Crippen LogP contribution in [0.15, 0.2) is 41.7 Å². The van der Waals surface area contributed by atoms with Gasteiger partial charge in [0, 0.05) is 24.5 Å². The van der Waals surface area contributed by atoms with Crippen LogP contribution in [0, 0.1) is 0 Å². The van der Waals surface area contributed by atoms with Gasteiger partial charge in [-0.2, -0.15) is 18.2 Å². The summed E-state index contributed by atoms with van der Waals surface area (Å²) in [6.07, 6.45) is -2.13. The van der Waals surface area contributed by atoms with Crippen LogP contribution >= 0.6 is 0 Å². The fourth-order valence-corrected chi connectivity index (χ4v) is 2.02. The first-order chi connectivity index (χ1) is 13.1. The highest BCUT2D eigenvalue weighted by atomic mass is 19.4. The Morgan fingerprint density at radius 3 is 2.39 bits per heavy atom. The average Bonchev–Trinajstić information content (AvgIpc) is 2.64. The van der Waals surface area contributed by atoms with E-state index in [-0.39, 0.29) is 18.5 Å². The molecule has 0 radical (unpaired) electrons. The summed E-state index contributed by atoms with van der Waals surface area (Å²) >= 11 is 0. The smallest absolute Gasteiger partial charge is 0.370 e. The molecule has 9 nitrogen and oxygen atoms in total. The summed E-state index contributed by atoms with van der Waals surface area (Å²) in [5.41, 5.74) is 12.3. The number of aromatic nitrogens is 2. The Kier molecular flexibility index (Phi) is 6.47. The SMILES string of the molecule is NC(N)=NC(=O)NCc1cccc(-c2cnc(NCC(=O)C(F)(F)F)nc2)c1. The second-order valence-corrected chi connectivity index (χ2v) is 5.47. The topological polar surface area (TPSA) is 148 Å². The molecule has 0 aliphatic rings. The fourth-order valence-electron chi connectivity index (χ4n) is 2.02. The van der Waals surface area contributed by atoms with E-state index >= 15 is 0 Å². The number of carbonyl (C=O) groups excluding carboxylic acids is 2. The third-order valence-electron chi connectivity index (χ3n) is 3.31. The van der Waals surface area contributed by atoms with E-state index in [0.717, 1.165) is 5.56 Å². The van der Waals surface area contributed by atoms with Crippen molar-refractivity contribution < 1.29 is 22.8 Å². The Labute approximate surface area is 157 Å². The number of halogens is 3. The first-order valence-corrected chi connectivity index (χ1v) is 7.78. The number of rotatable bonds is 6. The summed E-state index contributed by atoms with van der Waals surface area (Å²) in [7, 11) is 0. The standard InChI is InChI=1S/C16H16F3N7O2/c17-16(18,19)12(27)8-24-14-22-6-11(7-23-14)10-3-1-2-9(4-10)5-25-15(28)26-13(20)21/h1-4,6-7H,5,8H2,(H,22,23,24)(H5,20,21,25,26,28). The van der Waals surface area contributed by atoms with Gasteiger partial charge in [-0.25, -0.2) is 14.8 Å². The number of alkyl halides is 3. The summed E-state index contributed by atoms with van der Waals surface area (Å²) in [6.45, 7) is -0.780. The molecule has 2 amide bonds. The zero-order valence-electron chi connectivity index (χ0n) is 14.3. The fraction of sp³-hybridized carbons (Fsp3) is 0.188. The van der Waals surface area contributed by atoms with Gasteiger partial charge >= 0.3 is 12.2 Å². The maximum Gasteiger partial charge on any atom is 0.451 e. The molecule has 12 heteroatoms. The molecule has 2 aromatic rings.